The number of aliphatic hydroxyl groups excluding tert-OH is 1. The third-order valence-corrected chi connectivity index (χ3v) is 4.48. The molecule has 16 heavy (non-hydrogen) atoms. The van der Waals surface area contributed by atoms with E-state index in [4.69, 9.17) is 9.84 Å². The molecule has 2 fully saturated rings. The molecule has 0 amide bonds. The summed E-state index contributed by atoms with van der Waals surface area (Å²) >= 11 is 0. The summed E-state index contributed by atoms with van der Waals surface area (Å²) < 4.78 is 5.62. The lowest BCUT2D eigenvalue weighted by molar-refractivity contribution is -0.00696. The molecule has 1 N–H and O–H groups in total. The molecule has 0 aromatic rings. The van der Waals surface area contributed by atoms with Crippen LogP contribution in [0.1, 0.15) is 57.8 Å². The van der Waals surface area contributed by atoms with Crippen LogP contribution in [0.2, 0.25) is 0 Å². The van der Waals surface area contributed by atoms with Gasteiger partial charge < -0.3 is 9.84 Å². The quantitative estimate of drug-likeness (QED) is 0.798. The molecule has 0 saturated heterocycles. The van der Waals surface area contributed by atoms with Crippen LogP contribution >= 0.6 is 0 Å². The highest BCUT2D eigenvalue weighted by molar-refractivity contribution is 4.80. The van der Waals surface area contributed by atoms with Crippen molar-refractivity contribution in [2.24, 2.45) is 11.8 Å². The van der Waals surface area contributed by atoms with Crippen molar-refractivity contribution >= 4 is 0 Å². The molecule has 0 atom stereocenters. The van der Waals surface area contributed by atoms with E-state index in [-0.39, 0.29) is 6.61 Å². The van der Waals surface area contributed by atoms with Crippen LogP contribution in [0.5, 0.6) is 0 Å². The molecule has 0 spiro atoms. The number of aliphatic hydroxyl groups is 1. The minimum absolute atomic E-state index is 0.169. The third-order valence-electron chi connectivity index (χ3n) is 4.48. The lowest BCUT2D eigenvalue weighted by Crippen LogP contribution is -2.27. The lowest BCUT2D eigenvalue weighted by atomic mass is 9.73. The molecule has 2 aliphatic carbocycles. The summed E-state index contributed by atoms with van der Waals surface area (Å²) in [6.45, 7) is 0.696. The zero-order valence-corrected chi connectivity index (χ0v) is 10.4. The largest absolute Gasteiger partial charge is 0.394 e. The average molecular weight is 226 g/mol. The highest BCUT2D eigenvalue weighted by Gasteiger charge is 2.28. The summed E-state index contributed by atoms with van der Waals surface area (Å²) in [4.78, 5) is 0. The molecule has 2 saturated carbocycles. The Kier molecular flexibility index (Phi) is 5.11. The maximum Gasteiger partial charge on any atom is 0.0701 e. The molecule has 0 aromatic heterocycles. The van der Waals surface area contributed by atoms with Crippen molar-refractivity contribution in [1.82, 2.24) is 0 Å². The Hall–Kier alpha value is -0.0800. The van der Waals surface area contributed by atoms with Crippen LogP contribution in [0.25, 0.3) is 0 Å². The normalized spacial score (nSPS) is 32.8. The van der Waals surface area contributed by atoms with Crippen LogP contribution < -0.4 is 0 Å². The van der Waals surface area contributed by atoms with E-state index in [1.807, 2.05) is 0 Å². The van der Waals surface area contributed by atoms with Crippen LogP contribution in [-0.2, 0) is 4.74 Å². The summed E-state index contributed by atoms with van der Waals surface area (Å²) in [6.07, 6.45) is 13.0. The molecule has 0 heterocycles. The molecule has 2 nitrogen and oxygen atoms in total. The second kappa shape index (κ2) is 6.61. The molecule has 0 bridgehead atoms. The van der Waals surface area contributed by atoms with Gasteiger partial charge in [-0.2, -0.15) is 0 Å². The lowest BCUT2D eigenvalue weighted by Gasteiger charge is -2.35. The number of hydrogen-bond acceptors (Lipinski definition) is 2. The van der Waals surface area contributed by atoms with E-state index in [0.29, 0.717) is 12.7 Å². The van der Waals surface area contributed by atoms with E-state index in [1.54, 1.807) is 0 Å². The van der Waals surface area contributed by atoms with Crippen LogP contribution in [0.3, 0.4) is 0 Å². The first-order valence-electron chi connectivity index (χ1n) is 7.12. The van der Waals surface area contributed by atoms with Crippen molar-refractivity contribution in [3.8, 4) is 0 Å². The Bertz CT molecular complexity index is 179. The molecule has 2 rings (SSSR count). The molecule has 2 aliphatic rings. The molecule has 0 aromatic carbocycles. The first-order valence-corrected chi connectivity index (χ1v) is 7.12. The fourth-order valence-corrected chi connectivity index (χ4v) is 3.55. The summed E-state index contributed by atoms with van der Waals surface area (Å²) in [5.41, 5.74) is 0. The molecule has 94 valence electrons. The summed E-state index contributed by atoms with van der Waals surface area (Å²) in [6, 6.07) is 0. The molecule has 2 heteroatoms. The van der Waals surface area contributed by atoms with Crippen LogP contribution in [0.4, 0.5) is 0 Å². The number of hydrogen-bond donors (Lipinski definition) is 1. The topological polar surface area (TPSA) is 29.5 Å². The highest BCUT2D eigenvalue weighted by atomic mass is 16.5. The Labute approximate surface area is 99.4 Å². The standard InChI is InChI=1S/C14H26O2/c15-10-11-16-14-8-6-13(7-9-14)12-4-2-1-3-5-12/h12-15H,1-11H2. The van der Waals surface area contributed by atoms with E-state index >= 15 is 0 Å². The maximum atomic E-state index is 8.73. The Morgan fingerprint density at radius 1 is 0.812 bits per heavy atom. The Morgan fingerprint density at radius 3 is 2.06 bits per heavy atom. The Morgan fingerprint density at radius 2 is 1.44 bits per heavy atom. The number of ether oxygens (including phenoxy) is 1. The van der Waals surface area contributed by atoms with E-state index < -0.39 is 0 Å². The van der Waals surface area contributed by atoms with Gasteiger partial charge in [-0.05, 0) is 37.5 Å². The van der Waals surface area contributed by atoms with E-state index in [2.05, 4.69) is 0 Å². The average Bonchev–Trinajstić information content (AvgIpc) is 2.38. The van der Waals surface area contributed by atoms with Gasteiger partial charge in [0.15, 0.2) is 0 Å². The first kappa shape index (κ1) is 12.4. The van der Waals surface area contributed by atoms with Gasteiger partial charge in [-0.15, -0.1) is 0 Å². The molecule has 0 radical (unpaired) electrons. The fourth-order valence-electron chi connectivity index (χ4n) is 3.55. The predicted molar refractivity (Wildman–Crippen MR) is 65.4 cm³/mol. The second-order valence-corrected chi connectivity index (χ2v) is 5.53. The minimum Gasteiger partial charge on any atom is -0.394 e. The van der Waals surface area contributed by atoms with Gasteiger partial charge in [-0.25, -0.2) is 0 Å². The maximum absolute atomic E-state index is 8.73. The van der Waals surface area contributed by atoms with Gasteiger partial charge in [-0.3, -0.25) is 0 Å². The van der Waals surface area contributed by atoms with Crippen molar-refractivity contribution in [3.63, 3.8) is 0 Å². The van der Waals surface area contributed by atoms with E-state index in [9.17, 15) is 0 Å². The molecular weight excluding hydrogens is 200 g/mol. The highest BCUT2D eigenvalue weighted by Crippen LogP contribution is 2.38. The number of rotatable bonds is 4. The van der Waals surface area contributed by atoms with Gasteiger partial charge in [0.05, 0.1) is 19.3 Å². The van der Waals surface area contributed by atoms with E-state index in [1.165, 1.54) is 57.8 Å². The molecular formula is C14H26O2. The van der Waals surface area contributed by atoms with Crippen molar-refractivity contribution < 1.29 is 9.84 Å². The predicted octanol–water partition coefficient (Wildman–Crippen LogP) is 3.13. The van der Waals surface area contributed by atoms with Gasteiger partial charge in [0.1, 0.15) is 0 Å². The first-order chi connectivity index (χ1) is 7.90. The summed E-state index contributed by atoms with van der Waals surface area (Å²) in [5.74, 6) is 2.00. The summed E-state index contributed by atoms with van der Waals surface area (Å²) in [5, 5.41) is 8.73. The smallest absolute Gasteiger partial charge is 0.0701 e. The van der Waals surface area contributed by atoms with Crippen LogP contribution in [-0.4, -0.2) is 24.4 Å². The van der Waals surface area contributed by atoms with Crippen LogP contribution in [0, 0.1) is 11.8 Å². The zero-order chi connectivity index (χ0) is 11.2. The van der Waals surface area contributed by atoms with Crippen molar-refractivity contribution in [2.75, 3.05) is 13.2 Å². The van der Waals surface area contributed by atoms with Crippen molar-refractivity contribution in [3.05, 3.63) is 0 Å². The SMILES string of the molecule is OCCOC1CCC(C2CCCCC2)CC1. The molecule has 0 unspecified atom stereocenters. The third kappa shape index (κ3) is 3.46. The van der Waals surface area contributed by atoms with Gasteiger partial charge in [0, 0.05) is 0 Å². The van der Waals surface area contributed by atoms with Crippen LogP contribution in [0.15, 0.2) is 0 Å². The van der Waals surface area contributed by atoms with Gasteiger partial charge in [0.25, 0.3) is 0 Å². The fraction of sp³-hybridized carbons (Fsp3) is 1.00. The van der Waals surface area contributed by atoms with Gasteiger partial charge in [0.2, 0.25) is 0 Å². The monoisotopic (exact) mass is 226 g/mol. The zero-order valence-electron chi connectivity index (χ0n) is 10.4. The molecule has 0 aliphatic heterocycles. The Balaban J connectivity index is 1.67. The van der Waals surface area contributed by atoms with E-state index in [0.717, 1.165) is 11.8 Å². The summed E-state index contributed by atoms with van der Waals surface area (Å²) in [7, 11) is 0. The van der Waals surface area contributed by atoms with Crippen molar-refractivity contribution in [2.45, 2.75) is 63.9 Å². The van der Waals surface area contributed by atoms with Crippen molar-refractivity contribution in [1.29, 1.82) is 0 Å². The van der Waals surface area contributed by atoms with Gasteiger partial charge >= 0.3 is 0 Å². The second-order valence-electron chi connectivity index (χ2n) is 5.53. The minimum atomic E-state index is 0.169. The van der Waals surface area contributed by atoms with Gasteiger partial charge in [-0.1, -0.05) is 32.1 Å².